The van der Waals surface area contributed by atoms with Gasteiger partial charge in [-0.05, 0) is 49.9 Å². The molecule has 2 heteroatoms. The van der Waals surface area contributed by atoms with Gasteiger partial charge in [0.1, 0.15) is 5.75 Å². The Balaban J connectivity index is 1.47. The van der Waals surface area contributed by atoms with Crippen molar-refractivity contribution in [2.45, 2.75) is 39.3 Å². The highest BCUT2D eigenvalue weighted by molar-refractivity contribution is 5.30. The van der Waals surface area contributed by atoms with Gasteiger partial charge < -0.3 is 4.74 Å². The molecule has 0 amide bonds. The van der Waals surface area contributed by atoms with Crippen molar-refractivity contribution in [2.75, 3.05) is 13.2 Å². The van der Waals surface area contributed by atoms with E-state index in [9.17, 15) is 0 Å². The Morgan fingerprint density at radius 2 is 1.77 bits per heavy atom. The molecule has 2 aromatic carbocycles. The van der Waals surface area contributed by atoms with E-state index in [1.54, 1.807) is 0 Å². The van der Waals surface area contributed by atoms with Crippen LogP contribution in [0.4, 0.5) is 0 Å². The lowest BCUT2D eigenvalue weighted by atomic mass is 9.95. The number of benzene rings is 2. The molecule has 116 valence electrons. The molecule has 0 aliphatic carbocycles. The van der Waals surface area contributed by atoms with E-state index in [1.807, 2.05) is 0 Å². The Morgan fingerprint density at radius 1 is 1.05 bits per heavy atom. The van der Waals surface area contributed by atoms with Crippen LogP contribution in [0.5, 0.6) is 5.75 Å². The fourth-order valence-electron chi connectivity index (χ4n) is 3.12. The molecular weight excluding hydrogens is 270 g/mol. The zero-order chi connectivity index (χ0) is 15.4. The fraction of sp³-hybridized carbons (Fsp3) is 0.400. The van der Waals surface area contributed by atoms with Gasteiger partial charge in [-0.2, -0.15) is 0 Å². The molecule has 22 heavy (non-hydrogen) atoms. The molecule has 1 unspecified atom stereocenters. The second-order valence-electron chi connectivity index (χ2n) is 6.31. The molecule has 0 spiro atoms. The van der Waals surface area contributed by atoms with Gasteiger partial charge in [-0.25, -0.2) is 0 Å². The Kier molecular flexibility index (Phi) is 4.79. The minimum atomic E-state index is 0.620. The zero-order valence-corrected chi connectivity index (χ0v) is 13.6. The minimum Gasteiger partial charge on any atom is -0.494 e. The van der Waals surface area contributed by atoms with Gasteiger partial charge in [0, 0.05) is 19.1 Å². The predicted molar refractivity (Wildman–Crippen MR) is 91.3 cm³/mol. The molecule has 0 saturated heterocycles. The van der Waals surface area contributed by atoms with Crippen molar-refractivity contribution in [3.63, 3.8) is 0 Å². The second kappa shape index (κ2) is 6.97. The van der Waals surface area contributed by atoms with Crippen molar-refractivity contribution >= 4 is 0 Å². The van der Waals surface area contributed by atoms with Gasteiger partial charge in [0.15, 0.2) is 0 Å². The van der Waals surface area contributed by atoms with Crippen LogP contribution in [-0.2, 0) is 13.0 Å². The highest BCUT2D eigenvalue weighted by atomic mass is 16.5. The monoisotopic (exact) mass is 295 g/mol. The first kappa shape index (κ1) is 15.1. The maximum atomic E-state index is 5.83. The lowest BCUT2D eigenvalue weighted by molar-refractivity contribution is 0.168. The van der Waals surface area contributed by atoms with Crippen LogP contribution in [0.2, 0.25) is 0 Å². The lowest BCUT2D eigenvalue weighted by Gasteiger charge is -2.34. The number of rotatable bonds is 5. The molecule has 0 radical (unpaired) electrons. The quantitative estimate of drug-likeness (QED) is 0.766. The molecule has 3 rings (SSSR count). The third-order valence-corrected chi connectivity index (χ3v) is 4.51. The van der Waals surface area contributed by atoms with E-state index >= 15 is 0 Å². The maximum absolute atomic E-state index is 5.83. The van der Waals surface area contributed by atoms with Gasteiger partial charge in [0.2, 0.25) is 0 Å². The van der Waals surface area contributed by atoms with Crippen LogP contribution in [0.25, 0.3) is 0 Å². The van der Waals surface area contributed by atoms with Gasteiger partial charge in [0.25, 0.3) is 0 Å². The Hall–Kier alpha value is -1.80. The average Bonchev–Trinajstić information content (AvgIpc) is 2.53. The van der Waals surface area contributed by atoms with Gasteiger partial charge in [0.05, 0.1) is 6.61 Å². The standard InChI is InChI=1S/C20H25NO/c1-16-8-10-20(11-9-16)22-13-5-12-21-15-19-7-4-3-6-18(19)14-17(21)2/h3-4,6-11,17H,5,12-15H2,1-2H3. The van der Waals surface area contributed by atoms with Gasteiger partial charge in [-0.15, -0.1) is 0 Å². The Bertz CT molecular complexity index is 605. The largest absolute Gasteiger partial charge is 0.494 e. The molecular formula is C20H25NO. The van der Waals surface area contributed by atoms with Crippen molar-refractivity contribution in [1.82, 2.24) is 4.90 Å². The van der Waals surface area contributed by atoms with Crippen molar-refractivity contribution in [3.05, 3.63) is 65.2 Å². The molecule has 0 saturated carbocycles. The van der Waals surface area contributed by atoms with Crippen LogP contribution in [-0.4, -0.2) is 24.1 Å². The number of hydrogen-bond donors (Lipinski definition) is 0. The van der Waals surface area contributed by atoms with Crippen molar-refractivity contribution < 1.29 is 4.74 Å². The first-order chi connectivity index (χ1) is 10.7. The van der Waals surface area contributed by atoms with E-state index in [0.29, 0.717) is 6.04 Å². The summed E-state index contributed by atoms with van der Waals surface area (Å²) in [7, 11) is 0. The van der Waals surface area contributed by atoms with E-state index in [1.165, 1.54) is 16.7 Å². The van der Waals surface area contributed by atoms with Crippen LogP contribution in [0.15, 0.2) is 48.5 Å². The molecule has 0 aromatic heterocycles. The van der Waals surface area contributed by atoms with E-state index in [2.05, 4.69) is 67.3 Å². The summed E-state index contributed by atoms with van der Waals surface area (Å²) >= 11 is 0. The number of ether oxygens (including phenoxy) is 1. The van der Waals surface area contributed by atoms with E-state index in [4.69, 9.17) is 4.74 Å². The van der Waals surface area contributed by atoms with Crippen molar-refractivity contribution in [3.8, 4) is 5.75 Å². The van der Waals surface area contributed by atoms with Crippen molar-refractivity contribution in [2.24, 2.45) is 0 Å². The molecule has 1 aliphatic rings. The lowest BCUT2D eigenvalue weighted by Crippen LogP contribution is -2.39. The normalized spacial score (nSPS) is 18.0. The summed E-state index contributed by atoms with van der Waals surface area (Å²) in [4.78, 5) is 2.57. The molecule has 1 heterocycles. The van der Waals surface area contributed by atoms with Gasteiger partial charge >= 0.3 is 0 Å². The van der Waals surface area contributed by atoms with E-state index in [-0.39, 0.29) is 0 Å². The second-order valence-corrected chi connectivity index (χ2v) is 6.31. The van der Waals surface area contributed by atoms with E-state index in [0.717, 1.165) is 38.3 Å². The van der Waals surface area contributed by atoms with Gasteiger partial charge in [-0.3, -0.25) is 4.90 Å². The Morgan fingerprint density at radius 3 is 2.55 bits per heavy atom. The summed E-state index contributed by atoms with van der Waals surface area (Å²) in [6.07, 6.45) is 2.23. The molecule has 0 N–H and O–H groups in total. The first-order valence-electron chi connectivity index (χ1n) is 8.22. The van der Waals surface area contributed by atoms with Crippen LogP contribution >= 0.6 is 0 Å². The highest BCUT2D eigenvalue weighted by Crippen LogP contribution is 2.23. The smallest absolute Gasteiger partial charge is 0.119 e. The van der Waals surface area contributed by atoms with Crippen molar-refractivity contribution in [1.29, 1.82) is 0 Å². The number of nitrogens with zero attached hydrogens (tertiary/aromatic N) is 1. The van der Waals surface area contributed by atoms with Gasteiger partial charge in [-0.1, -0.05) is 42.0 Å². The third-order valence-electron chi connectivity index (χ3n) is 4.51. The topological polar surface area (TPSA) is 12.5 Å². The molecule has 0 bridgehead atoms. The molecule has 2 aromatic rings. The number of aryl methyl sites for hydroxylation is 1. The third kappa shape index (κ3) is 3.69. The molecule has 1 atom stereocenters. The zero-order valence-electron chi connectivity index (χ0n) is 13.6. The SMILES string of the molecule is Cc1ccc(OCCCN2Cc3ccccc3CC2C)cc1. The summed E-state index contributed by atoms with van der Waals surface area (Å²) in [6.45, 7) is 7.38. The van der Waals surface area contributed by atoms with Crippen LogP contribution in [0.1, 0.15) is 30.0 Å². The van der Waals surface area contributed by atoms with Crippen LogP contribution in [0, 0.1) is 6.92 Å². The summed E-state index contributed by atoms with van der Waals surface area (Å²) in [5.74, 6) is 0.975. The number of hydrogen-bond acceptors (Lipinski definition) is 2. The minimum absolute atomic E-state index is 0.620. The molecule has 1 aliphatic heterocycles. The predicted octanol–water partition coefficient (Wildman–Crippen LogP) is 4.21. The molecule has 2 nitrogen and oxygen atoms in total. The Labute approximate surface area is 133 Å². The maximum Gasteiger partial charge on any atom is 0.119 e. The van der Waals surface area contributed by atoms with Crippen LogP contribution < -0.4 is 4.74 Å². The summed E-state index contributed by atoms with van der Waals surface area (Å²) in [5.41, 5.74) is 4.27. The highest BCUT2D eigenvalue weighted by Gasteiger charge is 2.21. The first-order valence-corrected chi connectivity index (χ1v) is 8.22. The average molecular weight is 295 g/mol. The number of fused-ring (bicyclic) bond motifs is 1. The summed E-state index contributed by atoms with van der Waals surface area (Å²) in [6, 6.07) is 17.7. The summed E-state index contributed by atoms with van der Waals surface area (Å²) < 4.78 is 5.83. The molecule has 0 fully saturated rings. The van der Waals surface area contributed by atoms with E-state index < -0.39 is 0 Å². The summed E-state index contributed by atoms with van der Waals surface area (Å²) in [5, 5.41) is 0. The van der Waals surface area contributed by atoms with Crippen LogP contribution in [0.3, 0.4) is 0 Å². The fourth-order valence-corrected chi connectivity index (χ4v) is 3.12.